The Hall–Kier alpha value is -2.82. The molecule has 3 rings (SSSR count). The maximum atomic E-state index is 12.8. The molecule has 0 saturated carbocycles. The van der Waals surface area contributed by atoms with Crippen LogP contribution in [0.3, 0.4) is 0 Å². The van der Waals surface area contributed by atoms with Gasteiger partial charge in [-0.05, 0) is 30.5 Å². The Morgan fingerprint density at radius 2 is 1.65 bits per heavy atom. The lowest BCUT2D eigenvalue weighted by atomic mass is 10.1. The maximum Gasteiger partial charge on any atom is 0.311 e. The molecule has 136 valence electrons. The number of hydrogen-bond donors (Lipinski definition) is 0. The number of nitrogens with zero attached hydrogens (tertiary/aromatic N) is 1. The molecule has 1 aliphatic heterocycles. The van der Waals surface area contributed by atoms with E-state index < -0.39 is 12.1 Å². The van der Waals surface area contributed by atoms with Crippen LogP contribution in [0.15, 0.2) is 54.6 Å². The Kier molecular flexibility index (Phi) is 5.89. The second kappa shape index (κ2) is 8.52. The van der Waals surface area contributed by atoms with Gasteiger partial charge in [0.05, 0.1) is 13.5 Å². The van der Waals surface area contributed by atoms with Crippen molar-refractivity contribution in [3.05, 3.63) is 65.7 Å². The lowest BCUT2D eigenvalue weighted by Gasteiger charge is -2.23. The zero-order valence-corrected chi connectivity index (χ0v) is 14.9. The van der Waals surface area contributed by atoms with Gasteiger partial charge in [-0.25, -0.2) is 0 Å². The Morgan fingerprint density at radius 3 is 2.27 bits per heavy atom. The number of esters is 1. The molecule has 0 radical (unpaired) electrons. The van der Waals surface area contributed by atoms with E-state index in [1.165, 1.54) is 0 Å². The molecule has 1 amide bonds. The fourth-order valence-corrected chi connectivity index (χ4v) is 3.08. The van der Waals surface area contributed by atoms with Crippen molar-refractivity contribution in [3.8, 4) is 5.75 Å². The first kappa shape index (κ1) is 18.0. The minimum absolute atomic E-state index is 0.112. The molecule has 0 unspecified atom stereocenters. The highest BCUT2D eigenvalue weighted by molar-refractivity contribution is 5.85. The first-order valence-electron chi connectivity index (χ1n) is 8.83. The molecule has 26 heavy (non-hydrogen) atoms. The van der Waals surface area contributed by atoms with E-state index >= 15 is 0 Å². The van der Waals surface area contributed by atoms with Crippen LogP contribution in [0, 0.1) is 0 Å². The number of methoxy groups -OCH3 is 1. The smallest absolute Gasteiger partial charge is 0.311 e. The van der Waals surface area contributed by atoms with Crippen molar-refractivity contribution >= 4 is 11.9 Å². The van der Waals surface area contributed by atoms with E-state index in [0.717, 1.165) is 37.2 Å². The summed E-state index contributed by atoms with van der Waals surface area (Å²) in [5, 5.41) is 0. The second-order valence-corrected chi connectivity index (χ2v) is 6.34. The largest absolute Gasteiger partial charge is 0.497 e. The Morgan fingerprint density at radius 1 is 1.00 bits per heavy atom. The average molecular weight is 353 g/mol. The number of rotatable bonds is 6. The molecule has 5 heteroatoms. The third kappa shape index (κ3) is 4.42. The summed E-state index contributed by atoms with van der Waals surface area (Å²) < 4.78 is 10.7. The average Bonchev–Trinajstić information content (AvgIpc) is 3.22. The summed E-state index contributed by atoms with van der Waals surface area (Å²) in [7, 11) is 1.59. The highest BCUT2D eigenvalue weighted by Gasteiger charge is 2.30. The van der Waals surface area contributed by atoms with E-state index in [1.807, 2.05) is 42.5 Å². The standard InChI is InChI=1S/C21H23NO4/c1-25-18-11-9-16(10-12-18)15-19(23)26-20(17-7-3-2-4-8-17)21(24)22-13-5-6-14-22/h2-4,7-12,20H,5-6,13-15H2,1H3/t20-/m0/s1. The molecule has 0 spiro atoms. The molecular weight excluding hydrogens is 330 g/mol. The van der Waals surface area contributed by atoms with Crippen molar-refractivity contribution < 1.29 is 19.1 Å². The van der Waals surface area contributed by atoms with Gasteiger partial charge in [-0.3, -0.25) is 9.59 Å². The van der Waals surface area contributed by atoms with Gasteiger partial charge in [0.25, 0.3) is 5.91 Å². The van der Waals surface area contributed by atoms with Crippen molar-refractivity contribution in [2.45, 2.75) is 25.4 Å². The SMILES string of the molecule is COc1ccc(CC(=O)O[C@H](C(=O)N2CCCC2)c2ccccc2)cc1. The lowest BCUT2D eigenvalue weighted by Crippen LogP contribution is -2.35. The summed E-state index contributed by atoms with van der Waals surface area (Å²) in [6.45, 7) is 1.44. The van der Waals surface area contributed by atoms with Crippen LogP contribution in [0.2, 0.25) is 0 Å². The summed E-state index contributed by atoms with van der Waals surface area (Å²) in [5.74, 6) is 0.168. The maximum absolute atomic E-state index is 12.8. The summed E-state index contributed by atoms with van der Waals surface area (Å²) in [6, 6.07) is 16.4. The third-order valence-electron chi connectivity index (χ3n) is 4.50. The van der Waals surface area contributed by atoms with Gasteiger partial charge in [-0.1, -0.05) is 42.5 Å². The molecule has 1 fully saturated rings. The number of likely N-dealkylation sites (tertiary alicyclic amines) is 1. The quantitative estimate of drug-likeness (QED) is 0.749. The summed E-state index contributed by atoms with van der Waals surface area (Å²) >= 11 is 0. The van der Waals surface area contributed by atoms with E-state index in [2.05, 4.69) is 0 Å². The third-order valence-corrected chi connectivity index (χ3v) is 4.50. The van der Waals surface area contributed by atoms with Gasteiger partial charge in [0, 0.05) is 18.7 Å². The van der Waals surface area contributed by atoms with E-state index in [4.69, 9.17) is 9.47 Å². The zero-order chi connectivity index (χ0) is 18.4. The van der Waals surface area contributed by atoms with Crippen LogP contribution < -0.4 is 4.74 Å². The van der Waals surface area contributed by atoms with E-state index in [0.29, 0.717) is 5.56 Å². The Labute approximate surface area is 153 Å². The first-order chi connectivity index (χ1) is 12.7. The van der Waals surface area contributed by atoms with Crippen molar-refractivity contribution in [1.82, 2.24) is 4.90 Å². The first-order valence-corrected chi connectivity index (χ1v) is 8.83. The molecule has 0 aliphatic carbocycles. The second-order valence-electron chi connectivity index (χ2n) is 6.34. The lowest BCUT2D eigenvalue weighted by molar-refractivity contribution is -0.160. The number of benzene rings is 2. The monoisotopic (exact) mass is 353 g/mol. The molecule has 1 aliphatic rings. The summed E-state index contributed by atoms with van der Waals surface area (Å²) in [5.41, 5.74) is 1.52. The zero-order valence-electron chi connectivity index (χ0n) is 14.9. The van der Waals surface area contributed by atoms with Gasteiger partial charge in [0.15, 0.2) is 0 Å². The van der Waals surface area contributed by atoms with Crippen LogP contribution in [-0.2, 0) is 20.7 Å². The highest BCUT2D eigenvalue weighted by atomic mass is 16.5. The van der Waals surface area contributed by atoms with Gasteiger partial charge in [-0.2, -0.15) is 0 Å². The van der Waals surface area contributed by atoms with Gasteiger partial charge >= 0.3 is 5.97 Å². The predicted molar refractivity (Wildman–Crippen MR) is 97.8 cm³/mol. The molecule has 5 nitrogen and oxygen atoms in total. The van der Waals surface area contributed by atoms with Crippen LogP contribution in [0.5, 0.6) is 5.75 Å². The van der Waals surface area contributed by atoms with Gasteiger partial charge < -0.3 is 14.4 Å². The topological polar surface area (TPSA) is 55.8 Å². The predicted octanol–water partition coefficient (Wildman–Crippen LogP) is 3.14. The highest BCUT2D eigenvalue weighted by Crippen LogP contribution is 2.23. The van der Waals surface area contributed by atoms with Crippen molar-refractivity contribution in [3.63, 3.8) is 0 Å². The van der Waals surface area contributed by atoms with Gasteiger partial charge in [0.2, 0.25) is 6.10 Å². The van der Waals surface area contributed by atoms with E-state index in [9.17, 15) is 9.59 Å². The van der Waals surface area contributed by atoms with Crippen LogP contribution in [0.4, 0.5) is 0 Å². The fourth-order valence-electron chi connectivity index (χ4n) is 3.08. The number of carbonyl (C=O) groups excluding carboxylic acids is 2. The van der Waals surface area contributed by atoms with Gasteiger partial charge in [0.1, 0.15) is 5.75 Å². The Bertz CT molecular complexity index is 736. The van der Waals surface area contributed by atoms with Crippen LogP contribution in [-0.4, -0.2) is 37.0 Å². The van der Waals surface area contributed by atoms with E-state index in [1.54, 1.807) is 24.1 Å². The number of amides is 1. The van der Waals surface area contributed by atoms with Crippen molar-refractivity contribution in [2.24, 2.45) is 0 Å². The molecule has 0 bridgehead atoms. The molecule has 0 aromatic heterocycles. The van der Waals surface area contributed by atoms with Crippen molar-refractivity contribution in [2.75, 3.05) is 20.2 Å². The number of carbonyl (C=O) groups is 2. The van der Waals surface area contributed by atoms with Crippen molar-refractivity contribution in [1.29, 1.82) is 0 Å². The molecule has 0 N–H and O–H groups in total. The summed E-state index contributed by atoms with van der Waals surface area (Å²) in [4.78, 5) is 27.1. The minimum Gasteiger partial charge on any atom is -0.497 e. The number of ether oxygens (including phenoxy) is 2. The Balaban J connectivity index is 1.71. The molecule has 2 aromatic carbocycles. The van der Waals surface area contributed by atoms with Crippen LogP contribution >= 0.6 is 0 Å². The molecule has 1 heterocycles. The minimum atomic E-state index is -0.889. The van der Waals surface area contributed by atoms with Gasteiger partial charge in [-0.15, -0.1) is 0 Å². The van der Waals surface area contributed by atoms with Crippen LogP contribution in [0.1, 0.15) is 30.1 Å². The fraction of sp³-hybridized carbons (Fsp3) is 0.333. The molecule has 1 saturated heterocycles. The normalized spacial score (nSPS) is 14.7. The number of hydrogen-bond acceptors (Lipinski definition) is 4. The molecule has 2 aromatic rings. The summed E-state index contributed by atoms with van der Waals surface area (Å²) in [6.07, 6.45) is 1.21. The molecular formula is C21H23NO4. The molecule has 1 atom stereocenters. The van der Waals surface area contributed by atoms with Crippen LogP contribution in [0.25, 0.3) is 0 Å². The van der Waals surface area contributed by atoms with E-state index in [-0.39, 0.29) is 12.3 Å².